The monoisotopic (exact) mass is 281 g/mol. The Morgan fingerprint density at radius 2 is 1.90 bits per heavy atom. The van der Waals surface area contributed by atoms with Crippen molar-refractivity contribution >= 4 is 11.9 Å². The van der Waals surface area contributed by atoms with Gasteiger partial charge in [0.1, 0.15) is 0 Å². The quantitative estimate of drug-likeness (QED) is 0.842. The van der Waals surface area contributed by atoms with Crippen LogP contribution in [-0.4, -0.2) is 35.0 Å². The Morgan fingerprint density at radius 3 is 2.50 bits per heavy atom. The van der Waals surface area contributed by atoms with E-state index in [0.717, 1.165) is 51.6 Å². The summed E-state index contributed by atoms with van der Waals surface area (Å²) in [6.07, 6.45) is 7.97. The highest BCUT2D eigenvalue weighted by atomic mass is 16.4. The van der Waals surface area contributed by atoms with E-state index in [1.165, 1.54) is 6.42 Å². The minimum atomic E-state index is -0.759. The first-order valence-corrected chi connectivity index (χ1v) is 8.04. The number of piperidine rings is 1. The largest absolute Gasteiger partial charge is 0.481 e. The van der Waals surface area contributed by atoms with E-state index in [4.69, 9.17) is 5.11 Å². The maximum Gasteiger partial charge on any atom is 0.303 e. The molecule has 2 fully saturated rings. The lowest BCUT2D eigenvalue weighted by molar-refractivity contribution is -0.142. The van der Waals surface area contributed by atoms with Crippen LogP contribution in [0.3, 0.4) is 0 Å². The molecule has 2 aliphatic rings. The fraction of sp³-hybridized carbons (Fsp3) is 0.875. The van der Waals surface area contributed by atoms with Crippen LogP contribution in [0.2, 0.25) is 0 Å². The van der Waals surface area contributed by atoms with Crippen molar-refractivity contribution < 1.29 is 14.7 Å². The number of nitrogens with zero attached hydrogens (tertiary/aromatic N) is 1. The van der Waals surface area contributed by atoms with E-state index in [1.54, 1.807) is 0 Å². The molecule has 114 valence electrons. The van der Waals surface area contributed by atoms with Crippen LogP contribution >= 0.6 is 0 Å². The number of likely N-dealkylation sites (tertiary alicyclic amines) is 1. The molecule has 4 nitrogen and oxygen atoms in total. The second-order valence-electron chi connectivity index (χ2n) is 6.71. The predicted octanol–water partition coefficient (Wildman–Crippen LogP) is 3.06. The molecular weight excluding hydrogens is 254 g/mol. The molecule has 0 bridgehead atoms. The van der Waals surface area contributed by atoms with Crippen molar-refractivity contribution in [2.24, 2.45) is 11.3 Å². The fourth-order valence-electron chi connectivity index (χ4n) is 3.92. The van der Waals surface area contributed by atoms with Gasteiger partial charge in [-0.05, 0) is 37.0 Å². The summed E-state index contributed by atoms with van der Waals surface area (Å²) in [5.74, 6) is 0.0581. The molecule has 0 aromatic heterocycles. The van der Waals surface area contributed by atoms with Gasteiger partial charge in [-0.15, -0.1) is 0 Å². The average Bonchev–Trinajstić information content (AvgIpc) is 2.86. The first-order chi connectivity index (χ1) is 9.54. The Hall–Kier alpha value is -1.06. The smallest absolute Gasteiger partial charge is 0.303 e. The normalized spacial score (nSPS) is 25.6. The third-order valence-corrected chi connectivity index (χ3v) is 5.17. The molecule has 1 aliphatic heterocycles. The van der Waals surface area contributed by atoms with Gasteiger partial charge in [-0.1, -0.05) is 26.2 Å². The summed E-state index contributed by atoms with van der Waals surface area (Å²) < 4.78 is 0. The maximum absolute atomic E-state index is 12.5. The van der Waals surface area contributed by atoms with Crippen molar-refractivity contribution in [3.63, 3.8) is 0 Å². The van der Waals surface area contributed by atoms with Crippen LogP contribution in [0.4, 0.5) is 0 Å². The number of hydrogen-bond acceptors (Lipinski definition) is 2. The van der Waals surface area contributed by atoms with Gasteiger partial charge in [0, 0.05) is 19.5 Å². The Bertz CT molecular complexity index is 361. The van der Waals surface area contributed by atoms with Crippen LogP contribution in [0.25, 0.3) is 0 Å². The molecule has 1 saturated carbocycles. The molecule has 1 unspecified atom stereocenters. The van der Waals surface area contributed by atoms with Crippen molar-refractivity contribution in [1.29, 1.82) is 0 Å². The molecule has 1 N–H and O–H groups in total. The average molecular weight is 281 g/mol. The molecule has 1 heterocycles. The summed E-state index contributed by atoms with van der Waals surface area (Å²) in [5, 5.41) is 9.12. The van der Waals surface area contributed by atoms with Crippen molar-refractivity contribution in [2.75, 3.05) is 13.1 Å². The van der Waals surface area contributed by atoms with Crippen LogP contribution in [0.5, 0.6) is 0 Å². The second-order valence-corrected chi connectivity index (χ2v) is 6.71. The molecule has 0 aromatic rings. The number of carboxylic acid groups (broad SMARTS) is 1. The highest BCUT2D eigenvalue weighted by Crippen LogP contribution is 2.44. The minimum absolute atomic E-state index is 0.157. The Kier molecular flexibility index (Phi) is 5.06. The molecule has 0 spiro atoms. The molecular formula is C16H27NO3. The standard InChI is InChI=1S/C16H27NO3/c1-2-13-6-5-9-17(12-13)14(18)10-16(11-15(19)20)7-3-4-8-16/h13H,2-12H2,1H3,(H,19,20). The lowest BCUT2D eigenvalue weighted by atomic mass is 9.79. The number of amides is 1. The van der Waals surface area contributed by atoms with Gasteiger partial charge in [0.15, 0.2) is 0 Å². The van der Waals surface area contributed by atoms with Gasteiger partial charge in [0.2, 0.25) is 5.91 Å². The summed E-state index contributed by atoms with van der Waals surface area (Å²) in [7, 11) is 0. The van der Waals surface area contributed by atoms with E-state index < -0.39 is 5.97 Å². The third-order valence-electron chi connectivity index (χ3n) is 5.17. The lowest BCUT2D eigenvalue weighted by Crippen LogP contribution is -2.42. The van der Waals surface area contributed by atoms with Crippen molar-refractivity contribution in [2.45, 2.75) is 64.7 Å². The van der Waals surface area contributed by atoms with Crippen LogP contribution in [0.15, 0.2) is 0 Å². The Balaban J connectivity index is 1.96. The molecule has 0 radical (unpaired) electrons. The summed E-state index contributed by atoms with van der Waals surface area (Å²) in [6.45, 7) is 3.92. The fourth-order valence-corrected chi connectivity index (χ4v) is 3.92. The van der Waals surface area contributed by atoms with Gasteiger partial charge >= 0.3 is 5.97 Å². The Labute approximate surface area is 121 Å². The molecule has 1 amide bonds. The van der Waals surface area contributed by atoms with E-state index in [2.05, 4.69) is 6.92 Å². The summed E-state index contributed by atoms with van der Waals surface area (Å²) in [6, 6.07) is 0. The van der Waals surface area contributed by atoms with Crippen LogP contribution < -0.4 is 0 Å². The minimum Gasteiger partial charge on any atom is -0.481 e. The van der Waals surface area contributed by atoms with E-state index in [9.17, 15) is 9.59 Å². The zero-order chi connectivity index (χ0) is 14.6. The first kappa shape index (κ1) is 15.3. The third kappa shape index (κ3) is 3.74. The molecule has 20 heavy (non-hydrogen) atoms. The highest BCUT2D eigenvalue weighted by Gasteiger charge is 2.39. The molecule has 0 aromatic carbocycles. The van der Waals surface area contributed by atoms with E-state index >= 15 is 0 Å². The van der Waals surface area contributed by atoms with Crippen LogP contribution in [0, 0.1) is 11.3 Å². The zero-order valence-corrected chi connectivity index (χ0v) is 12.6. The number of hydrogen-bond donors (Lipinski definition) is 1. The van der Waals surface area contributed by atoms with Crippen LogP contribution in [-0.2, 0) is 9.59 Å². The van der Waals surface area contributed by atoms with E-state index in [1.807, 2.05) is 4.90 Å². The number of aliphatic carboxylic acids is 1. The van der Waals surface area contributed by atoms with Gasteiger partial charge in [0.05, 0.1) is 6.42 Å². The van der Waals surface area contributed by atoms with Crippen LogP contribution in [0.1, 0.15) is 64.7 Å². The van der Waals surface area contributed by atoms with Gasteiger partial charge in [-0.25, -0.2) is 0 Å². The van der Waals surface area contributed by atoms with Crippen molar-refractivity contribution in [1.82, 2.24) is 4.90 Å². The van der Waals surface area contributed by atoms with Gasteiger partial charge < -0.3 is 10.0 Å². The first-order valence-electron chi connectivity index (χ1n) is 8.04. The Morgan fingerprint density at radius 1 is 1.20 bits per heavy atom. The number of carbonyl (C=O) groups is 2. The van der Waals surface area contributed by atoms with Crippen molar-refractivity contribution in [3.05, 3.63) is 0 Å². The number of rotatable bonds is 5. The number of carboxylic acids is 1. The number of carbonyl (C=O) groups excluding carboxylic acids is 1. The topological polar surface area (TPSA) is 57.6 Å². The van der Waals surface area contributed by atoms with Crippen molar-refractivity contribution in [3.8, 4) is 0 Å². The SMILES string of the molecule is CCC1CCCN(C(=O)CC2(CC(=O)O)CCCC2)C1. The molecule has 4 heteroatoms. The zero-order valence-electron chi connectivity index (χ0n) is 12.6. The summed E-state index contributed by atoms with van der Waals surface area (Å²) in [5.41, 5.74) is -0.262. The van der Waals surface area contributed by atoms with Gasteiger partial charge in [-0.2, -0.15) is 0 Å². The highest BCUT2D eigenvalue weighted by molar-refractivity contribution is 5.78. The van der Waals surface area contributed by atoms with E-state index in [0.29, 0.717) is 12.3 Å². The van der Waals surface area contributed by atoms with Gasteiger partial charge in [-0.3, -0.25) is 9.59 Å². The molecule has 2 rings (SSSR count). The second kappa shape index (κ2) is 6.59. The molecule has 1 atom stereocenters. The summed E-state index contributed by atoms with van der Waals surface area (Å²) in [4.78, 5) is 25.6. The lowest BCUT2D eigenvalue weighted by Gasteiger charge is -2.35. The van der Waals surface area contributed by atoms with E-state index in [-0.39, 0.29) is 17.7 Å². The molecule has 1 aliphatic carbocycles. The summed E-state index contributed by atoms with van der Waals surface area (Å²) >= 11 is 0. The van der Waals surface area contributed by atoms with Gasteiger partial charge in [0.25, 0.3) is 0 Å². The molecule has 1 saturated heterocycles. The predicted molar refractivity (Wildman–Crippen MR) is 77.4 cm³/mol. The maximum atomic E-state index is 12.5.